The van der Waals surface area contributed by atoms with Gasteiger partial charge in [-0.25, -0.2) is 0 Å². The maximum atomic E-state index is 12.3. The molecule has 4 nitrogen and oxygen atoms in total. The minimum absolute atomic E-state index is 0.246. The number of amides is 1. The number of pyridine rings is 1. The molecule has 0 aliphatic heterocycles. The van der Waals surface area contributed by atoms with Crippen molar-refractivity contribution >= 4 is 44.8 Å². The molecule has 0 aliphatic carbocycles. The Morgan fingerprint density at radius 2 is 2.10 bits per heavy atom. The lowest BCUT2D eigenvalue weighted by Crippen LogP contribution is -2.15. The Labute approximate surface area is 130 Å². The summed E-state index contributed by atoms with van der Waals surface area (Å²) >= 11 is 9.35. The Kier molecular flexibility index (Phi) is 4.62. The molecule has 1 aromatic heterocycles. The first kappa shape index (κ1) is 14.8. The average Bonchev–Trinajstić information content (AvgIpc) is 2.43. The predicted molar refractivity (Wildman–Crippen MR) is 85.6 cm³/mol. The number of nitrogens with zero attached hydrogens (tertiary/aromatic N) is 1. The first-order valence-corrected chi connectivity index (χ1v) is 7.09. The van der Waals surface area contributed by atoms with E-state index in [0.717, 1.165) is 11.4 Å². The van der Waals surface area contributed by atoms with E-state index in [-0.39, 0.29) is 5.91 Å². The van der Waals surface area contributed by atoms with E-state index in [9.17, 15) is 4.79 Å². The van der Waals surface area contributed by atoms with E-state index in [2.05, 4.69) is 31.5 Å². The van der Waals surface area contributed by atoms with Gasteiger partial charge in [0.05, 0.1) is 26.4 Å². The normalized spacial score (nSPS) is 10.2. The van der Waals surface area contributed by atoms with E-state index in [0.29, 0.717) is 20.7 Å². The Hall–Kier alpha value is -1.59. The summed E-state index contributed by atoms with van der Waals surface area (Å²) in [6, 6.07) is 7.11. The zero-order valence-electron chi connectivity index (χ0n) is 11.0. The van der Waals surface area contributed by atoms with Gasteiger partial charge in [-0.15, -0.1) is 0 Å². The van der Waals surface area contributed by atoms with Crippen molar-refractivity contribution in [1.29, 1.82) is 0 Å². The molecule has 0 saturated heterocycles. The van der Waals surface area contributed by atoms with Crippen LogP contribution in [-0.2, 0) is 0 Å². The molecule has 0 unspecified atom stereocenters. The number of halogens is 2. The molecule has 2 N–H and O–H groups in total. The maximum absolute atomic E-state index is 12.3. The molecule has 104 valence electrons. The standard InChI is InChI=1S/C14H13BrClN3O/c1-8-6-12(17-2)9(7-18-8)14(20)19-11-5-3-4-10(16)13(11)15/h3-7H,1-2H3,(H,17,18)(H,19,20). The topological polar surface area (TPSA) is 54.0 Å². The second kappa shape index (κ2) is 6.24. The fraction of sp³-hybridized carbons (Fsp3) is 0.143. The maximum Gasteiger partial charge on any atom is 0.259 e. The van der Waals surface area contributed by atoms with Crippen LogP contribution in [0.5, 0.6) is 0 Å². The van der Waals surface area contributed by atoms with Gasteiger partial charge in [0.1, 0.15) is 0 Å². The molecule has 0 atom stereocenters. The van der Waals surface area contributed by atoms with Crippen molar-refractivity contribution in [2.75, 3.05) is 17.7 Å². The van der Waals surface area contributed by atoms with Crippen molar-refractivity contribution in [3.05, 3.63) is 51.2 Å². The number of carbonyl (C=O) groups excluding carboxylic acids is 1. The van der Waals surface area contributed by atoms with Gasteiger partial charge >= 0.3 is 0 Å². The zero-order chi connectivity index (χ0) is 14.7. The SMILES string of the molecule is CNc1cc(C)ncc1C(=O)Nc1cccc(Cl)c1Br. The van der Waals surface area contributed by atoms with Crippen LogP contribution >= 0.6 is 27.5 Å². The summed E-state index contributed by atoms with van der Waals surface area (Å²) in [4.78, 5) is 16.5. The number of anilines is 2. The van der Waals surface area contributed by atoms with Gasteiger partial charge < -0.3 is 10.6 Å². The second-order valence-corrected chi connectivity index (χ2v) is 5.38. The molecule has 0 bridgehead atoms. The van der Waals surface area contributed by atoms with Gasteiger partial charge in [0.15, 0.2) is 0 Å². The van der Waals surface area contributed by atoms with E-state index in [1.165, 1.54) is 0 Å². The van der Waals surface area contributed by atoms with Crippen molar-refractivity contribution in [1.82, 2.24) is 4.98 Å². The Balaban J connectivity index is 2.31. The highest BCUT2D eigenvalue weighted by Crippen LogP contribution is 2.30. The van der Waals surface area contributed by atoms with Crippen LogP contribution in [0.4, 0.5) is 11.4 Å². The van der Waals surface area contributed by atoms with Gasteiger partial charge in [0.2, 0.25) is 0 Å². The lowest BCUT2D eigenvalue weighted by atomic mass is 10.2. The number of rotatable bonds is 3. The Morgan fingerprint density at radius 3 is 2.80 bits per heavy atom. The van der Waals surface area contributed by atoms with Crippen molar-refractivity contribution in [3.63, 3.8) is 0 Å². The van der Waals surface area contributed by atoms with Crippen molar-refractivity contribution in [2.45, 2.75) is 6.92 Å². The van der Waals surface area contributed by atoms with E-state index < -0.39 is 0 Å². The summed E-state index contributed by atoms with van der Waals surface area (Å²) in [5.74, 6) is -0.246. The predicted octanol–water partition coefficient (Wildman–Crippen LogP) is 4.10. The van der Waals surface area contributed by atoms with Gasteiger partial charge in [-0.05, 0) is 41.1 Å². The molecular formula is C14H13BrClN3O. The number of hydrogen-bond acceptors (Lipinski definition) is 3. The fourth-order valence-electron chi connectivity index (χ4n) is 1.74. The van der Waals surface area contributed by atoms with Crippen LogP contribution in [0.15, 0.2) is 34.9 Å². The summed E-state index contributed by atoms with van der Waals surface area (Å²) in [7, 11) is 1.76. The van der Waals surface area contributed by atoms with Crippen LogP contribution in [0, 0.1) is 6.92 Å². The molecule has 2 aromatic rings. The second-order valence-electron chi connectivity index (χ2n) is 4.18. The van der Waals surface area contributed by atoms with Crippen LogP contribution < -0.4 is 10.6 Å². The number of nitrogens with one attached hydrogen (secondary N) is 2. The average molecular weight is 355 g/mol. The smallest absolute Gasteiger partial charge is 0.259 e. The molecule has 0 saturated carbocycles. The van der Waals surface area contributed by atoms with Gasteiger partial charge in [-0.1, -0.05) is 17.7 Å². The summed E-state index contributed by atoms with van der Waals surface area (Å²) in [6.45, 7) is 1.87. The van der Waals surface area contributed by atoms with Gasteiger partial charge in [-0.2, -0.15) is 0 Å². The molecule has 0 aliphatic rings. The zero-order valence-corrected chi connectivity index (χ0v) is 13.3. The molecule has 0 spiro atoms. The molecular weight excluding hydrogens is 342 g/mol. The number of carbonyl (C=O) groups is 1. The number of hydrogen-bond donors (Lipinski definition) is 2. The van der Waals surface area contributed by atoms with E-state index in [4.69, 9.17) is 11.6 Å². The molecule has 1 heterocycles. The number of aryl methyl sites for hydroxylation is 1. The Bertz CT molecular complexity index is 661. The molecule has 6 heteroatoms. The van der Waals surface area contributed by atoms with E-state index >= 15 is 0 Å². The molecule has 0 fully saturated rings. The van der Waals surface area contributed by atoms with Crippen LogP contribution in [-0.4, -0.2) is 17.9 Å². The third-order valence-corrected chi connectivity index (χ3v) is 4.15. The van der Waals surface area contributed by atoms with Crippen molar-refractivity contribution < 1.29 is 4.79 Å². The summed E-state index contributed by atoms with van der Waals surface area (Å²) in [6.07, 6.45) is 1.55. The minimum Gasteiger partial charge on any atom is -0.387 e. The minimum atomic E-state index is -0.246. The molecule has 1 amide bonds. The molecule has 0 radical (unpaired) electrons. The lowest BCUT2D eigenvalue weighted by Gasteiger charge is -2.11. The number of benzene rings is 1. The molecule has 2 rings (SSSR count). The van der Waals surface area contributed by atoms with E-state index in [1.807, 2.05) is 13.0 Å². The van der Waals surface area contributed by atoms with Crippen molar-refractivity contribution in [2.24, 2.45) is 0 Å². The van der Waals surface area contributed by atoms with Crippen LogP contribution in [0.3, 0.4) is 0 Å². The summed E-state index contributed by atoms with van der Waals surface area (Å²) in [5, 5.41) is 6.34. The largest absolute Gasteiger partial charge is 0.387 e. The molecule has 20 heavy (non-hydrogen) atoms. The lowest BCUT2D eigenvalue weighted by molar-refractivity contribution is 0.102. The highest BCUT2D eigenvalue weighted by Gasteiger charge is 2.14. The van der Waals surface area contributed by atoms with Crippen molar-refractivity contribution in [3.8, 4) is 0 Å². The highest BCUT2D eigenvalue weighted by atomic mass is 79.9. The monoisotopic (exact) mass is 353 g/mol. The van der Waals surface area contributed by atoms with Crippen LogP contribution in [0.2, 0.25) is 5.02 Å². The Morgan fingerprint density at radius 1 is 1.35 bits per heavy atom. The first-order chi connectivity index (χ1) is 9.52. The van der Waals surface area contributed by atoms with Crippen LogP contribution in [0.25, 0.3) is 0 Å². The third kappa shape index (κ3) is 3.11. The van der Waals surface area contributed by atoms with E-state index in [1.54, 1.807) is 31.4 Å². The highest BCUT2D eigenvalue weighted by molar-refractivity contribution is 9.10. The fourth-order valence-corrected chi connectivity index (χ4v) is 2.28. The summed E-state index contributed by atoms with van der Waals surface area (Å²) < 4.78 is 0.654. The first-order valence-electron chi connectivity index (χ1n) is 5.92. The van der Waals surface area contributed by atoms with Crippen LogP contribution in [0.1, 0.15) is 16.1 Å². The van der Waals surface area contributed by atoms with Gasteiger partial charge in [-0.3, -0.25) is 9.78 Å². The molecule has 1 aromatic carbocycles. The summed E-state index contributed by atoms with van der Waals surface area (Å²) in [5.41, 5.74) is 2.66. The van der Waals surface area contributed by atoms with Gasteiger partial charge in [0, 0.05) is 18.9 Å². The quantitative estimate of drug-likeness (QED) is 0.872. The van der Waals surface area contributed by atoms with Gasteiger partial charge in [0.25, 0.3) is 5.91 Å². The number of aromatic nitrogens is 1. The third-order valence-electron chi connectivity index (χ3n) is 2.75.